The molecule has 24 heavy (non-hydrogen) atoms. The lowest BCUT2D eigenvalue weighted by atomic mass is 10.1. The summed E-state index contributed by atoms with van der Waals surface area (Å²) in [6, 6.07) is 6.90. The van der Waals surface area contributed by atoms with Crippen molar-refractivity contribution in [2.24, 2.45) is 0 Å². The molecule has 0 aliphatic heterocycles. The van der Waals surface area contributed by atoms with E-state index >= 15 is 0 Å². The summed E-state index contributed by atoms with van der Waals surface area (Å²) in [5, 5.41) is 13.1. The van der Waals surface area contributed by atoms with Gasteiger partial charge in [0, 0.05) is 10.9 Å². The van der Waals surface area contributed by atoms with Crippen LogP contribution in [0.1, 0.15) is 51.5 Å². The average Bonchev–Trinajstić information content (AvgIpc) is 2.99. The van der Waals surface area contributed by atoms with E-state index in [-0.39, 0.29) is 5.91 Å². The van der Waals surface area contributed by atoms with E-state index in [0.717, 1.165) is 17.8 Å². The number of hydrogen-bond donors (Lipinski definition) is 1. The average molecular weight is 368 g/mol. The number of amides is 1. The molecule has 0 spiro atoms. The molecule has 0 saturated carbocycles. The molecule has 0 bridgehead atoms. The molecule has 0 saturated heterocycles. The maximum absolute atomic E-state index is 12.5. The number of rotatable bonds is 7. The number of halogens is 1. The Labute approximate surface area is 151 Å². The van der Waals surface area contributed by atoms with Crippen molar-refractivity contribution in [2.45, 2.75) is 52.1 Å². The molecular formula is C17H22ClN3O2S. The molecule has 130 valence electrons. The van der Waals surface area contributed by atoms with Gasteiger partial charge < -0.3 is 4.74 Å². The Hall–Kier alpha value is -1.66. The van der Waals surface area contributed by atoms with E-state index in [1.807, 2.05) is 0 Å². The lowest BCUT2D eigenvalue weighted by Gasteiger charge is -2.24. The van der Waals surface area contributed by atoms with Gasteiger partial charge >= 0.3 is 0 Å². The van der Waals surface area contributed by atoms with E-state index in [9.17, 15) is 4.79 Å². The Bertz CT molecular complexity index is 681. The minimum atomic E-state index is -1.05. The molecule has 0 radical (unpaired) electrons. The van der Waals surface area contributed by atoms with Crippen LogP contribution in [0, 0.1) is 0 Å². The van der Waals surface area contributed by atoms with Crippen LogP contribution in [-0.2, 0) is 4.79 Å². The Morgan fingerprint density at radius 3 is 2.46 bits per heavy atom. The first-order valence-corrected chi connectivity index (χ1v) is 9.14. The van der Waals surface area contributed by atoms with E-state index in [4.69, 9.17) is 16.3 Å². The number of carbonyl (C=O) groups excluding carboxylic acids is 1. The van der Waals surface area contributed by atoms with Gasteiger partial charge in [0.25, 0.3) is 5.91 Å². The number of carbonyl (C=O) groups is 1. The van der Waals surface area contributed by atoms with Gasteiger partial charge in [-0.25, -0.2) is 0 Å². The predicted molar refractivity (Wildman–Crippen MR) is 98.0 cm³/mol. The zero-order valence-electron chi connectivity index (χ0n) is 14.3. The van der Waals surface area contributed by atoms with Gasteiger partial charge in [0.05, 0.1) is 0 Å². The Kier molecular flexibility index (Phi) is 6.18. The van der Waals surface area contributed by atoms with Crippen molar-refractivity contribution < 1.29 is 9.53 Å². The number of hydrogen-bond acceptors (Lipinski definition) is 5. The fraction of sp³-hybridized carbons (Fsp3) is 0.471. The highest BCUT2D eigenvalue weighted by Gasteiger charge is 2.31. The summed E-state index contributed by atoms with van der Waals surface area (Å²) < 4.78 is 5.77. The van der Waals surface area contributed by atoms with Crippen molar-refractivity contribution in [1.82, 2.24) is 10.2 Å². The van der Waals surface area contributed by atoms with Crippen molar-refractivity contribution in [1.29, 1.82) is 0 Å². The van der Waals surface area contributed by atoms with Gasteiger partial charge in [-0.2, -0.15) is 0 Å². The highest BCUT2D eigenvalue weighted by Crippen LogP contribution is 2.29. The Balaban J connectivity index is 2.03. The fourth-order valence-corrected chi connectivity index (χ4v) is 3.31. The second-order valence-electron chi connectivity index (χ2n) is 5.98. The quantitative estimate of drug-likeness (QED) is 0.756. The van der Waals surface area contributed by atoms with Gasteiger partial charge in [-0.3, -0.25) is 10.1 Å². The summed E-state index contributed by atoms with van der Waals surface area (Å²) in [6.07, 6.45) is 2.01. The minimum Gasteiger partial charge on any atom is -0.478 e. The lowest BCUT2D eigenvalue weighted by molar-refractivity contribution is -0.128. The fourth-order valence-electron chi connectivity index (χ4n) is 2.18. The molecule has 7 heteroatoms. The van der Waals surface area contributed by atoms with Crippen LogP contribution >= 0.6 is 22.9 Å². The second kappa shape index (κ2) is 7.94. The molecule has 2 aromatic rings. The molecule has 2 rings (SSSR count). The molecule has 1 aromatic heterocycles. The topological polar surface area (TPSA) is 64.1 Å². The van der Waals surface area contributed by atoms with Crippen molar-refractivity contribution in [3.8, 4) is 5.75 Å². The number of nitrogens with zero attached hydrogens (tertiary/aromatic N) is 2. The van der Waals surface area contributed by atoms with Crippen LogP contribution in [0.3, 0.4) is 0 Å². The van der Waals surface area contributed by atoms with Crippen LogP contribution in [0.25, 0.3) is 0 Å². The van der Waals surface area contributed by atoms with Crippen molar-refractivity contribution in [3.63, 3.8) is 0 Å². The molecule has 0 aliphatic carbocycles. The molecule has 5 nitrogen and oxygen atoms in total. The standard InChI is InChI=1S/C17H22ClN3O2S/c1-5-11(6-2)14-20-21-16(24-14)19-15(22)17(3,4)23-13-9-7-12(18)8-10-13/h7-11H,5-6H2,1-4H3,(H,19,21,22). The molecule has 1 N–H and O–H groups in total. The van der Waals surface area contributed by atoms with E-state index < -0.39 is 5.60 Å². The van der Waals surface area contributed by atoms with Crippen LogP contribution in [0.15, 0.2) is 24.3 Å². The Morgan fingerprint density at radius 1 is 1.25 bits per heavy atom. The number of aromatic nitrogens is 2. The minimum absolute atomic E-state index is 0.273. The van der Waals surface area contributed by atoms with Gasteiger partial charge in [0.15, 0.2) is 5.60 Å². The molecule has 0 unspecified atom stereocenters. The smallest absolute Gasteiger partial charge is 0.269 e. The first-order chi connectivity index (χ1) is 11.4. The number of nitrogens with one attached hydrogen (secondary N) is 1. The van der Waals surface area contributed by atoms with Crippen LogP contribution in [0.4, 0.5) is 5.13 Å². The second-order valence-corrected chi connectivity index (χ2v) is 7.42. The van der Waals surface area contributed by atoms with Gasteiger partial charge in [0.2, 0.25) is 5.13 Å². The van der Waals surface area contributed by atoms with Crippen LogP contribution in [0.2, 0.25) is 5.02 Å². The zero-order chi connectivity index (χ0) is 17.7. The summed E-state index contributed by atoms with van der Waals surface area (Å²) in [5.74, 6) is 0.686. The predicted octanol–water partition coefficient (Wildman–Crippen LogP) is 4.89. The van der Waals surface area contributed by atoms with Crippen LogP contribution < -0.4 is 10.1 Å². The number of ether oxygens (including phenoxy) is 1. The maximum atomic E-state index is 12.5. The highest BCUT2D eigenvalue weighted by atomic mass is 35.5. The van der Waals surface area contributed by atoms with E-state index in [1.165, 1.54) is 11.3 Å². The van der Waals surface area contributed by atoms with Gasteiger partial charge in [-0.15, -0.1) is 10.2 Å². The lowest BCUT2D eigenvalue weighted by Crippen LogP contribution is -2.42. The van der Waals surface area contributed by atoms with Gasteiger partial charge in [-0.1, -0.05) is 36.8 Å². The SMILES string of the molecule is CCC(CC)c1nnc(NC(=O)C(C)(C)Oc2ccc(Cl)cc2)s1. The maximum Gasteiger partial charge on any atom is 0.269 e. The molecule has 1 aromatic carbocycles. The number of anilines is 1. The molecule has 0 aliphatic rings. The first kappa shape index (κ1) is 18.7. The summed E-state index contributed by atoms with van der Waals surface area (Å²) in [6.45, 7) is 7.66. The van der Waals surface area contributed by atoms with Crippen LogP contribution in [-0.4, -0.2) is 21.7 Å². The largest absolute Gasteiger partial charge is 0.478 e. The van der Waals surface area contributed by atoms with Crippen molar-refractivity contribution in [2.75, 3.05) is 5.32 Å². The molecular weight excluding hydrogens is 346 g/mol. The molecule has 1 amide bonds. The monoisotopic (exact) mass is 367 g/mol. The van der Waals surface area contributed by atoms with Gasteiger partial charge in [-0.05, 0) is 51.0 Å². The molecule has 1 heterocycles. The third-order valence-electron chi connectivity index (χ3n) is 3.73. The third kappa shape index (κ3) is 4.68. The van der Waals surface area contributed by atoms with Crippen LogP contribution in [0.5, 0.6) is 5.75 Å². The zero-order valence-corrected chi connectivity index (χ0v) is 15.9. The third-order valence-corrected chi connectivity index (χ3v) is 4.98. The summed E-state index contributed by atoms with van der Waals surface area (Å²) in [4.78, 5) is 12.5. The van der Waals surface area contributed by atoms with E-state index in [2.05, 4.69) is 29.4 Å². The number of benzene rings is 1. The summed E-state index contributed by atoms with van der Waals surface area (Å²) in [5.41, 5.74) is -1.05. The molecule has 0 atom stereocenters. The summed E-state index contributed by atoms with van der Waals surface area (Å²) >= 11 is 7.27. The van der Waals surface area contributed by atoms with Gasteiger partial charge in [0.1, 0.15) is 10.8 Å². The Morgan fingerprint density at radius 2 is 1.88 bits per heavy atom. The molecule has 0 fully saturated rings. The van der Waals surface area contributed by atoms with E-state index in [0.29, 0.717) is 21.8 Å². The summed E-state index contributed by atoms with van der Waals surface area (Å²) in [7, 11) is 0. The van der Waals surface area contributed by atoms with Crippen molar-refractivity contribution in [3.05, 3.63) is 34.3 Å². The normalized spacial score (nSPS) is 11.6. The highest BCUT2D eigenvalue weighted by molar-refractivity contribution is 7.15. The van der Waals surface area contributed by atoms with E-state index in [1.54, 1.807) is 38.1 Å². The van der Waals surface area contributed by atoms with Crippen molar-refractivity contribution >= 4 is 34.0 Å². The first-order valence-electron chi connectivity index (χ1n) is 7.95.